The summed E-state index contributed by atoms with van der Waals surface area (Å²) in [6, 6.07) is -2.54. The standard InChI is InChI=1S/C76H137N2O18P/c1-10-17-21-25-28-31-32-33-34-35-36-38-40-44-48-52-66(80)77-69-73(88-58-53-63(86-9)51-47-42-24-20-13-4)71(96-97(84,91-55-15-6)92-56-16-7)64(60-85-8)94-75(69)90-61-65-70(95-76(83)89-54-14-5)72(87-57-49-45-41-30-27-23-19-12-3)68(74(82)93-65)78-67(81)59-62(79)50-46-43-39-37-29-26-22-18-11-2/h14-16,31-32,63-65,68-75,82H,5-7,10-13,17-30,33-61H2,1-4,8-9H3,(H,77,80)(H,78,81)/b32-31-/t63?,64?,65?,68-,69-,70-,71-,72?,73?,74?,75?/m1/s1. The lowest BCUT2D eigenvalue weighted by molar-refractivity contribution is -0.303. The third-order valence-electron chi connectivity index (χ3n) is 17.8. The fraction of sp³-hybridized carbons (Fsp3) is 0.842. The van der Waals surface area contributed by atoms with E-state index < -0.39 is 94.2 Å². The average Bonchev–Trinajstić information content (AvgIpc) is 0.788. The molecule has 97 heavy (non-hydrogen) atoms. The number of ether oxygens (including phenoxy) is 9. The van der Waals surface area contributed by atoms with Crippen molar-refractivity contribution in [1.29, 1.82) is 0 Å². The lowest BCUT2D eigenvalue weighted by Gasteiger charge is -2.47. The predicted molar refractivity (Wildman–Crippen MR) is 384 cm³/mol. The first kappa shape index (κ1) is 89.7. The fourth-order valence-electron chi connectivity index (χ4n) is 12.3. The zero-order valence-electron chi connectivity index (χ0n) is 61.4. The van der Waals surface area contributed by atoms with E-state index in [2.05, 4.69) is 70.2 Å². The minimum Gasteiger partial charge on any atom is -0.430 e. The molecule has 0 aromatic carbocycles. The molecule has 21 heteroatoms. The Labute approximate surface area is 587 Å². The maximum Gasteiger partial charge on any atom is 0.509 e. The maximum absolute atomic E-state index is 14.7. The molecule has 0 spiro atoms. The van der Waals surface area contributed by atoms with Gasteiger partial charge in [0.15, 0.2) is 18.7 Å². The quantitative estimate of drug-likeness (QED) is 0.0169. The lowest BCUT2D eigenvalue weighted by atomic mass is 9.95. The van der Waals surface area contributed by atoms with Crippen molar-refractivity contribution in [2.75, 3.05) is 60.5 Å². The zero-order valence-corrected chi connectivity index (χ0v) is 62.3. The van der Waals surface area contributed by atoms with Crippen LogP contribution in [-0.4, -0.2) is 157 Å². The van der Waals surface area contributed by atoms with Crippen LogP contribution in [0.15, 0.2) is 50.1 Å². The average molecular weight is 1400 g/mol. The summed E-state index contributed by atoms with van der Waals surface area (Å²) in [4.78, 5) is 55.4. The number of amides is 2. The minimum atomic E-state index is -4.48. The largest absolute Gasteiger partial charge is 0.509 e. The van der Waals surface area contributed by atoms with Crippen LogP contribution < -0.4 is 10.6 Å². The van der Waals surface area contributed by atoms with E-state index in [1.807, 2.05) is 0 Å². The molecule has 7 unspecified atom stereocenters. The van der Waals surface area contributed by atoms with Gasteiger partial charge < -0.3 is 58.4 Å². The highest BCUT2D eigenvalue weighted by Gasteiger charge is 2.54. The molecule has 3 N–H and O–H groups in total. The Hall–Kier alpha value is -3.37. The van der Waals surface area contributed by atoms with Crippen molar-refractivity contribution in [3.8, 4) is 0 Å². The van der Waals surface area contributed by atoms with Gasteiger partial charge in [0, 0.05) is 40.3 Å². The molecule has 2 saturated heterocycles. The molecule has 0 saturated carbocycles. The number of nitrogens with one attached hydrogen (secondary N) is 2. The van der Waals surface area contributed by atoms with Crippen LogP contribution in [-0.2, 0) is 75.2 Å². The van der Waals surface area contributed by atoms with Gasteiger partial charge in [0.25, 0.3) is 0 Å². The first-order valence-corrected chi connectivity index (χ1v) is 39.6. The third-order valence-corrected chi connectivity index (χ3v) is 19.3. The molecule has 564 valence electrons. The lowest BCUT2D eigenvalue weighted by Crippen LogP contribution is -2.68. The summed E-state index contributed by atoms with van der Waals surface area (Å²) in [6.45, 7) is 18.9. The number of unbranched alkanes of at least 4 members (excludes halogenated alkanes) is 30. The molecule has 2 aliphatic heterocycles. The SMILES string of the molecule is C=CCOC(=O)O[C@@H]1C(COC2OC(COC)[C@@H](OP(=O)(OCC=C)OCC=C)C(OCCC(CCCCCCC)OC)[C@H]2NC(=O)CCCCCCCCC/C=C\CCCCCC)OC(O)[C@H](NC(=O)CC(=O)CCCCCCCCCCC)C1OCCCCCCCCCC. The van der Waals surface area contributed by atoms with Gasteiger partial charge in [-0.15, -0.1) is 13.2 Å². The van der Waals surface area contributed by atoms with Crippen molar-refractivity contribution in [2.24, 2.45) is 0 Å². The first-order chi connectivity index (χ1) is 47.3. The summed E-state index contributed by atoms with van der Waals surface area (Å²) in [6.07, 6.45) is 35.3. The Morgan fingerprint density at radius 3 is 1.53 bits per heavy atom. The molecule has 0 bridgehead atoms. The van der Waals surface area contributed by atoms with E-state index in [-0.39, 0.29) is 70.3 Å². The second kappa shape index (κ2) is 60.2. The van der Waals surface area contributed by atoms with E-state index >= 15 is 0 Å². The van der Waals surface area contributed by atoms with Crippen LogP contribution in [0.25, 0.3) is 0 Å². The number of hydrogen-bond acceptors (Lipinski definition) is 18. The van der Waals surface area contributed by atoms with Crippen molar-refractivity contribution >= 4 is 31.6 Å². The van der Waals surface area contributed by atoms with Crippen LogP contribution in [0.5, 0.6) is 0 Å². The van der Waals surface area contributed by atoms with Gasteiger partial charge in [0.05, 0.1) is 39.0 Å². The Kier molecular flexibility index (Phi) is 55.7. The smallest absolute Gasteiger partial charge is 0.430 e. The van der Waals surface area contributed by atoms with Gasteiger partial charge in [-0.25, -0.2) is 9.36 Å². The zero-order chi connectivity index (χ0) is 70.8. The number of rotatable bonds is 66. The van der Waals surface area contributed by atoms with Crippen molar-refractivity contribution in [3.63, 3.8) is 0 Å². The summed E-state index contributed by atoms with van der Waals surface area (Å²) in [7, 11) is -1.36. The Morgan fingerprint density at radius 1 is 0.505 bits per heavy atom. The molecule has 0 aliphatic carbocycles. The summed E-state index contributed by atoms with van der Waals surface area (Å²) in [5, 5.41) is 18.0. The van der Waals surface area contributed by atoms with Crippen molar-refractivity contribution in [1.82, 2.24) is 10.6 Å². The molecule has 2 heterocycles. The van der Waals surface area contributed by atoms with Gasteiger partial charge >= 0.3 is 14.0 Å². The summed E-state index contributed by atoms with van der Waals surface area (Å²) in [5.74, 6) is -1.24. The van der Waals surface area contributed by atoms with Crippen LogP contribution in [0.1, 0.15) is 285 Å². The summed E-state index contributed by atoms with van der Waals surface area (Å²) in [5.41, 5.74) is 0. The van der Waals surface area contributed by atoms with Gasteiger partial charge in [-0.3, -0.25) is 28.0 Å². The maximum atomic E-state index is 14.7. The molecule has 0 radical (unpaired) electrons. The molecule has 2 amide bonds. The number of aliphatic hydroxyl groups is 1. The number of carbonyl (C=O) groups is 4. The van der Waals surface area contributed by atoms with Crippen molar-refractivity contribution < 1.29 is 85.1 Å². The third kappa shape index (κ3) is 42.6. The van der Waals surface area contributed by atoms with Crippen molar-refractivity contribution in [3.05, 3.63) is 50.1 Å². The predicted octanol–water partition coefficient (Wildman–Crippen LogP) is 17.3. The van der Waals surface area contributed by atoms with Gasteiger partial charge in [-0.05, 0) is 57.8 Å². The molecule has 20 nitrogen and oxygen atoms in total. The van der Waals surface area contributed by atoms with Crippen LogP contribution >= 0.6 is 7.82 Å². The van der Waals surface area contributed by atoms with Gasteiger partial charge in [-0.1, -0.05) is 244 Å². The summed E-state index contributed by atoms with van der Waals surface area (Å²) < 4.78 is 89.1. The van der Waals surface area contributed by atoms with E-state index in [0.29, 0.717) is 25.7 Å². The number of phosphoric ester groups is 1. The summed E-state index contributed by atoms with van der Waals surface area (Å²) >= 11 is 0. The minimum absolute atomic E-state index is 0.0912. The van der Waals surface area contributed by atoms with E-state index in [1.54, 1.807) is 7.11 Å². The number of hydrogen-bond donors (Lipinski definition) is 3. The molecular formula is C76H137N2O18P. The number of aliphatic hydroxyl groups excluding tert-OH is 1. The number of ketones is 1. The molecule has 2 rings (SSSR count). The highest BCUT2D eigenvalue weighted by atomic mass is 31.2. The molecule has 2 fully saturated rings. The number of Topliss-reactive ketones (excluding diaryl/α,β-unsaturated/α-hetero) is 1. The first-order valence-electron chi connectivity index (χ1n) is 38.1. The second-order valence-electron chi connectivity index (χ2n) is 26.3. The number of allylic oxidation sites excluding steroid dienone is 2. The van der Waals surface area contributed by atoms with Gasteiger partial charge in [-0.2, -0.15) is 0 Å². The van der Waals surface area contributed by atoms with Gasteiger partial charge in [0.1, 0.15) is 55.0 Å². The number of carbonyl (C=O) groups excluding carboxylic acids is 4. The highest BCUT2D eigenvalue weighted by molar-refractivity contribution is 7.48. The Bertz CT molecular complexity index is 2070. The fourth-order valence-corrected chi connectivity index (χ4v) is 13.6. The van der Waals surface area contributed by atoms with Gasteiger partial charge in [0.2, 0.25) is 11.8 Å². The van der Waals surface area contributed by atoms with E-state index in [1.165, 1.54) is 96.0 Å². The molecule has 0 aromatic rings. The normalized spacial score (nSPS) is 21.5. The van der Waals surface area contributed by atoms with Crippen LogP contribution in [0.4, 0.5) is 4.79 Å². The monoisotopic (exact) mass is 1400 g/mol. The molecule has 0 aromatic heterocycles. The highest BCUT2D eigenvalue weighted by Crippen LogP contribution is 2.52. The Balaban J connectivity index is 2.65. The van der Waals surface area contributed by atoms with Crippen LogP contribution in [0.2, 0.25) is 0 Å². The van der Waals surface area contributed by atoms with Crippen LogP contribution in [0, 0.1) is 0 Å². The molecular weight excluding hydrogens is 1260 g/mol. The number of methoxy groups -OCH3 is 2. The number of phosphoric acid groups is 1. The van der Waals surface area contributed by atoms with E-state index in [4.69, 9.17) is 56.2 Å². The second-order valence-corrected chi connectivity index (χ2v) is 27.9. The van der Waals surface area contributed by atoms with E-state index in [9.17, 15) is 28.8 Å². The van der Waals surface area contributed by atoms with E-state index in [0.717, 1.165) is 141 Å². The molecule has 11 atom stereocenters. The Morgan fingerprint density at radius 2 is 0.979 bits per heavy atom. The topological polar surface area (TPSA) is 240 Å². The van der Waals surface area contributed by atoms with Crippen LogP contribution in [0.3, 0.4) is 0 Å². The molecule has 2 aliphatic rings. The van der Waals surface area contributed by atoms with Crippen molar-refractivity contribution in [2.45, 2.75) is 352 Å².